The standard InChI is InChI=1S/C16H25NO3S/c1-18-14-9-16(20-3)15(19-2)8-13(14)11-17-10-12-4-6-21-7-5-12/h8-9,12,17H,4-7,10-11H2,1-3H3. The number of methoxy groups -OCH3 is 3. The summed E-state index contributed by atoms with van der Waals surface area (Å²) < 4.78 is 16.1. The normalized spacial score (nSPS) is 15.8. The third-order valence-electron chi connectivity index (χ3n) is 3.88. The van der Waals surface area contributed by atoms with E-state index in [-0.39, 0.29) is 0 Å². The van der Waals surface area contributed by atoms with Crippen molar-refractivity contribution in [1.29, 1.82) is 0 Å². The Balaban J connectivity index is 1.97. The quantitative estimate of drug-likeness (QED) is 0.838. The maximum Gasteiger partial charge on any atom is 0.164 e. The van der Waals surface area contributed by atoms with Crippen molar-refractivity contribution >= 4 is 11.8 Å². The second-order valence-electron chi connectivity index (χ2n) is 5.21. The molecule has 1 aliphatic heterocycles. The van der Waals surface area contributed by atoms with Crippen molar-refractivity contribution in [3.05, 3.63) is 17.7 Å². The van der Waals surface area contributed by atoms with E-state index in [4.69, 9.17) is 14.2 Å². The van der Waals surface area contributed by atoms with Gasteiger partial charge < -0.3 is 19.5 Å². The van der Waals surface area contributed by atoms with Gasteiger partial charge in [-0.15, -0.1) is 0 Å². The maximum absolute atomic E-state index is 5.45. The van der Waals surface area contributed by atoms with E-state index in [1.165, 1.54) is 24.3 Å². The van der Waals surface area contributed by atoms with E-state index >= 15 is 0 Å². The predicted molar refractivity (Wildman–Crippen MR) is 87.9 cm³/mol. The lowest BCUT2D eigenvalue weighted by molar-refractivity contribution is 0.346. The summed E-state index contributed by atoms with van der Waals surface area (Å²) in [6, 6.07) is 3.87. The first kappa shape index (κ1) is 16.3. The molecule has 1 saturated heterocycles. The van der Waals surface area contributed by atoms with Crippen LogP contribution in [0.1, 0.15) is 18.4 Å². The molecule has 0 spiro atoms. The highest BCUT2D eigenvalue weighted by Gasteiger charge is 2.15. The zero-order chi connectivity index (χ0) is 15.1. The molecule has 5 heteroatoms. The van der Waals surface area contributed by atoms with Gasteiger partial charge in [0.2, 0.25) is 0 Å². The molecule has 21 heavy (non-hydrogen) atoms. The highest BCUT2D eigenvalue weighted by Crippen LogP contribution is 2.34. The molecular formula is C16H25NO3S. The molecule has 0 unspecified atom stereocenters. The summed E-state index contributed by atoms with van der Waals surface area (Å²) in [5.41, 5.74) is 1.10. The van der Waals surface area contributed by atoms with Crippen molar-refractivity contribution < 1.29 is 14.2 Å². The summed E-state index contributed by atoms with van der Waals surface area (Å²) in [5, 5.41) is 3.55. The highest BCUT2D eigenvalue weighted by molar-refractivity contribution is 7.99. The summed E-state index contributed by atoms with van der Waals surface area (Å²) in [5.74, 6) is 5.67. The van der Waals surface area contributed by atoms with Crippen molar-refractivity contribution in [1.82, 2.24) is 5.32 Å². The second kappa shape index (κ2) is 8.39. The molecule has 0 bridgehead atoms. The van der Waals surface area contributed by atoms with Crippen molar-refractivity contribution in [2.75, 3.05) is 39.4 Å². The van der Waals surface area contributed by atoms with Crippen LogP contribution in [0.25, 0.3) is 0 Å². The molecule has 1 fully saturated rings. The molecule has 0 aliphatic carbocycles. The molecule has 4 nitrogen and oxygen atoms in total. The summed E-state index contributed by atoms with van der Waals surface area (Å²) in [7, 11) is 4.97. The molecular weight excluding hydrogens is 286 g/mol. The Morgan fingerprint density at radius 2 is 1.62 bits per heavy atom. The molecule has 1 aromatic rings. The molecule has 1 heterocycles. The molecule has 1 aromatic carbocycles. The Kier molecular flexibility index (Phi) is 6.51. The average molecular weight is 311 g/mol. The van der Waals surface area contributed by atoms with Gasteiger partial charge >= 0.3 is 0 Å². The largest absolute Gasteiger partial charge is 0.496 e. The first-order valence-corrected chi connectivity index (χ1v) is 8.51. The molecule has 0 aromatic heterocycles. The molecule has 0 saturated carbocycles. The Labute approximate surface area is 131 Å². The zero-order valence-electron chi connectivity index (χ0n) is 13.1. The van der Waals surface area contributed by atoms with Gasteiger partial charge in [-0.2, -0.15) is 11.8 Å². The zero-order valence-corrected chi connectivity index (χ0v) is 13.9. The van der Waals surface area contributed by atoms with E-state index in [0.717, 1.165) is 36.1 Å². The number of ether oxygens (including phenoxy) is 3. The molecule has 0 radical (unpaired) electrons. The van der Waals surface area contributed by atoms with Crippen molar-refractivity contribution in [2.45, 2.75) is 19.4 Å². The average Bonchev–Trinajstić information content (AvgIpc) is 2.55. The lowest BCUT2D eigenvalue weighted by Crippen LogP contribution is -2.25. The monoisotopic (exact) mass is 311 g/mol. The molecule has 1 aliphatic rings. The van der Waals surface area contributed by atoms with Crippen LogP contribution in [-0.4, -0.2) is 39.4 Å². The Hall–Kier alpha value is -1.07. The van der Waals surface area contributed by atoms with Crippen molar-refractivity contribution in [3.8, 4) is 17.2 Å². The number of hydrogen-bond acceptors (Lipinski definition) is 5. The molecule has 2 rings (SSSR count). The fourth-order valence-corrected chi connectivity index (χ4v) is 3.80. The lowest BCUT2D eigenvalue weighted by Gasteiger charge is -2.22. The summed E-state index contributed by atoms with van der Waals surface area (Å²) >= 11 is 2.07. The van der Waals surface area contributed by atoms with Gasteiger partial charge in [0.05, 0.1) is 21.3 Å². The van der Waals surface area contributed by atoms with E-state index in [2.05, 4.69) is 17.1 Å². The minimum Gasteiger partial charge on any atom is -0.496 e. The van der Waals surface area contributed by atoms with E-state index < -0.39 is 0 Å². The predicted octanol–water partition coefficient (Wildman–Crippen LogP) is 2.95. The summed E-state index contributed by atoms with van der Waals surface area (Å²) in [6.45, 7) is 1.85. The van der Waals surface area contributed by atoms with Crippen molar-refractivity contribution in [2.24, 2.45) is 5.92 Å². The fraction of sp³-hybridized carbons (Fsp3) is 0.625. The summed E-state index contributed by atoms with van der Waals surface area (Å²) in [4.78, 5) is 0. The second-order valence-corrected chi connectivity index (χ2v) is 6.43. The van der Waals surface area contributed by atoms with Crippen LogP contribution >= 0.6 is 11.8 Å². The van der Waals surface area contributed by atoms with Crippen LogP contribution in [0.5, 0.6) is 17.2 Å². The summed E-state index contributed by atoms with van der Waals surface area (Å²) in [6.07, 6.45) is 2.64. The van der Waals surface area contributed by atoms with E-state index in [0.29, 0.717) is 5.75 Å². The van der Waals surface area contributed by atoms with Gasteiger partial charge in [0.15, 0.2) is 11.5 Å². The minimum atomic E-state index is 0.697. The third-order valence-corrected chi connectivity index (χ3v) is 4.92. The van der Waals surface area contributed by atoms with Crippen LogP contribution in [0.3, 0.4) is 0 Å². The van der Waals surface area contributed by atoms with Gasteiger partial charge in [-0.05, 0) is 42.9 Å². The molecule has 0 amide bonds. The van der Waals surface area contributed by atoms with Gasteiger partial charge in [-0.1, -0.05) is 0 Å². The lowest BCUT2D eigenvalue weighted by atomic mass is 10.0. The molecule has 0 atom stereocenters. The van der Waals surface area contributed by atoms with Gasteiger partial charge in [0.1, 0.15) is 5.75 Å². The number of thioether (sulfide) groups is 1. The number of nitrogens with one attached hydrogen (secondary N) is 1. The van der Waals surface area contributed by atoms with Gasteiger partial charge in [-0.25, -0.2) is 0 Å². The van der Waals surface area contributed by atoms with E-state index in [1.807, 2.05) is 12.1 Å². The Morgan fingerprint density at radius 1 is 1.00 bits per heavy atom. The molecule has 1 N–H and O–H groups in total. The van der Waals surface area contributed by atoms with E-state index in [1.54, 1.807) is 21.3 Å². The van der Waals surface area contributed by atoms with Gasteiger partial charge in [0, 0.05) is 18.2 Å². The van der Waals surface area contributed by atoms with Crippen LogP contribution in [0, 0.1) is 5.92 Å². The highest BCUT2D eigenvalue weighted by atomic mass is 32.2. The van der Waals surface area contributed by atoms with Crippen LogP contribution in [0.15, 0.2) is 12.1 Å². The van der Waals surface area contributed by atoms with Gasteiger partial charge in [0.25, 0.3) is 0 Å². The van der Waals surface area contributed by atoms with Crippen LogP contribution in [0.4, 0.5) is 0 Å². The Bertz CT molecular complexity index is 447. The minimum absolute atomic E-state index is 0.697. The topological polar surface area (TPSA) is 39.7 Å². The number of hydrogen-bond donors (Lipinski definition) is 1. The third kappa shape index (κ3) is 4.45. The van der Waals surface area contributed by atoms with Gasteiger partial charge in [-0.3, -0.25) is 0 Å². The first-order chi connectivity index (χ1) is 10.3. The van der Waals surface area contributed by atoms with E-state index in [9.17, 15) is 0 Å². The van der Waals surface area contributed by atoms with Crippen LogP contribution < -0.4 is 19.5 Å². The fourth-order valence-electron chi connectivity index (χ4n) is 2.59. The number of rotatable bonds is 7. The smallest absolute Gasteiger partial charge is 0.164 e. The van der Waals surface area contributed by atoms with Crippen LogP contribution in [-0.2, 0) is 6.54 Å². The SMILES string of the molecule is COc1cc(OC)c(OC)cc1CNCC1CCSCC1. The maximum atomic E-state index is 5.45. The number of benzene rings is 1. The first-order valence-electron chi connectivity index (χ1n) is 7.35. The van der Waals surface area contributed by atoms with Crippen molar-refractivity contribution in [3.63, 3.8) is 0 Å². The molecule has 118 valence electrons. The Morgan fingerprint density at radius 3 is 2.24 bits per heavy atom. The van der Waals surface area contributed by atoms with Crippen LogP contribution in [0.2, 0.25) is 0 Å².